The Morgan fingerprint density at radius 2 is 1.93 bits per heavy atom. The summed E-state index contributed by atoms with van der Waals surface area (Å²) in [5.74, 6) is 0.676. The molecule has 0 aromatic rings. The molecule has 0 aromatic carbocycles. The maximum atomic E-state index is 11.9. The van der Waals surface area contributed by atoms with Gasteiger partial charge in [0.2, 0.25) is 5.91 Å². The molecule has 3 nitrogen and oxygen atoms in total. The second-order valence-corrected chi connectivity index (χ2v) is 5.21. The van der Waals surface area contributed by atoms with Crippen LogP contribution in [-0.2, 0) is 9.53 Å². The Labute approximate surface area is 86.4 Å². The number of rotatable bonds is 1. The summed E-state index contributed by atoms with van der Waals surface area (Å²) < 4.78 is 5.32. The average Bonchev–Trinajstić information content (AvgIpc) is 2.43. The number of carbonyl (C=O) groups is 1. The van der Waals surface area contributed by atoms with Crippen molar-refractivity contribution in [2.45, 2.75) is 33.8 Å². The smallest absolute Gasteiger partial charge is 0.228 e. The van der Waals surface area contributed by atoms with E-state index in [2.05, 4.69) is 6.92 Å². The highest BCUT2D eigenvalue weighted by molar-refractivity contribution is 5.81. The van der Waals surface area contributed by atoms with Gasteiger partial charge in [-0.15, -0.1) is 0 Å². The summed E-state index contributed by atoms with van der Waals surface area (Å²) in [5, 5.41) is 0. The first-order chi connectivity index (χ1) is 6.36. The quantitative estimate of drug-likeness (QED) is 0.641. The van der Waals surface area contributed by atoms with E-state index in [9.17, 15) is 4.79 Å². The van der Waals surface area contributed by atoms with Crippen molar-refractivity contribution in [3.8, 4) is 0 Å². The zero-order valence-electron chi connectivity index (χ0n) is 9.83. The fourth-order valence-corrected chi connectivity index (χ4v) is 1.88. The molecule has 0 aromatic heterocycles. The Kier molecular flexibility index (Phi) is 3.20. The molecule has 0 N–H and O–H groups in total. The molecule has 1 aliphatic rings. The third-order valence-corrected chi connectivity index (χ3v) is 2.77. The van der Waals surface area contributed by atoms with Crippen LogP contribution in [0.15, 0.2) is 0 Å². The van der Waals surface area contributed by atoms with E-state index in [1.165, 1.54) is 0 Å². The van der Waals surface area contributed by atoms with Crippen LogP contribution in [0, 0.1) is 11.3 Å². The molecule has 1 fully saturated rings. The maximum Gasteiger partial charge on any atom is 0.228 e. The summed E-state index contributed by atoms with van der Waals surface area (Å²) in [7, 11) is 1.71. The van der Waals surface area contributed by atoms with Gasteiger partial charge in [-0.2, -0.15) is 0 Å². The number of amides is 1. The van der Waals surface area contributed by atoms with Crippen molar-refractivity contribution >= 4 is 5.91 Å². The zero-order chi connectivity index (χ0) is 10.9. The van der Waals surface area contributed by atoms with Crippen molar-refractivity contribution in [3.63, 3.8) is 0 Å². The maximum absolute atomic E-state index is 11.9. The Morgan fingerprint density at radius 1 is 1.36 bits per heavy atom. The van der Waals surface area contributed by atoms with Gasteiger partial charge in [-0.1, -0.05) is 27.7 Å². The number of carbonyl (C=O) groups excluding carboxylic acids is 1. The fourth-order valence-electron chi connectivity index (χ4n) is 1.88. The third-order valence-electron chi connectivity index (χ3n) is 2.77. The number of hydrogen-bond donors (Lipinski definition) is 0. The van der Waals surface area contributed by atoms with Gasteiger partial charge in [0.05, 0.1) is 6.10 Å². The number of methoxy groups -OCH3 is 1. The molecule has 0 aliphatic carbocycles. The molecule has 1 saturated heterocycles. The Balaban J connectivity index is 2.62. The van der Waals surface area contributed by atoms with Crippen molar-refractivity contribution in [1.29, 1.82) is 0 Å². The molecule has 0 unspecified atom stereocenters. The molecule has 3 heteroatoms. The Hall–Kier alpha value is -0.570. The molecule has 2 atom stereocenters. The second-order valence-electron chi connectivity index (χ2n) is 5.21. The molecule has 82 valence electrons. The topological polar surface area (TPSA) is 29.5 Å². The van der Waals surface area contributed by atoms with Gasteiger partial charge in [0.25, 0.3) is 0 Å². The highest BCUT2D eigenvalue weighted by Crippen LogP contribution is 2.25. The summed E-state index contributed by atoms with van der Waals surface area (Å²) >= 11 is 0. The largest absolute Gasteiger partial charge is 0.379 e. The van der Waals surface area contributed by atoms with Crippen molar-refractivity contribution in [1.82, 2.24) is 4.90 Å². The Morgan fingerprint density at radius 3 is 2.29 bits per heavy atom. The van der Waals surface area contributed by atoms with E-state index in [4.69, 9.17) is 4.74 Å². The fraction of sp³-hybridized carbons (Fsp3) is 0.909. The van der Waals surface area contributed by atoms with Gasteiger partial charge in [-0.3, -0.25) is 4.79 Å². The van der Waals surface area contributed by atoms with E-state index in [1.807, 2.05) is 25.7 Å². The molecular formula is C11H21NO2. The zero-order valence-corrected chi connectivity index (χ0v) is 9.83. The number of nitrogens with zero attached hydrogens (tertiary/aromatic N) is 1. The van der Waals surface area contributed by atoms with Crippen LogP contribution in [0.25, 0.3) is 0 Å². The first-order valence-corrected chi connectivity index (χ1v) is 5.18. The molecule has 0 saturated carbocycles. The number of likely N-dealkylation sites (tertiary alicyclic amines) is 1. The van der Waals surface area contributed by atoms with Crippen LogP contribution in [0.4, 0.5) is 0 Å². The average molecular weight is 199 g/mol. The van der Waals surface area contributed by atoms with Gasteiger partial charge in [0, 0.05) is 31.5 Å². The minimum Gasteiger partial charge on any atom is -0.379 e. The van der Waals surface area contributed by atoms with E-state index in [-0.39, 0.29) is 17.4 Å². The van der Waals surface area contributed by atoms with Crippen LogP contribution in [0.5, 0.6) is 0 Å². The summed E-state index contributed by atoms with van der Waals surface area (Å²) in [6, 6.07) is 0. The summed E-state index contributed by atoms with van der Waals surface area (Å²) in [4.78, 5) is 13.9. The molecular weight excluding hydrogens is 178 g/mol. The molecule has 0 bridgehead atoms. The van der Waals surface area contributed by atoms with Crippen LogP contribution < -0.4 is 0 Å². The van der Waals surface area contributed by atoms with Gasteiger partial charge >= 0.3 is 0 Å². The van der Waals surface area contributed by atoms with E-state index < -0.39 is 0 Å². The summed E-state index contributed by atoms with van der Waals surface area (Å²) in [6.45, 7) is 9.58. The third kappa shape index (κ3) is 2.27. The predicted molar refractivity (Wildman–Crippen MR) is 56.0 cm³/mol. The minimum atomic E-state index is -0.275. The van der Waals surface area contributed by atoms with E-state index in [0.29, 0.717) is 5.92 Å². The van der Waals surface area contributed by atoms with Crippen molar-refractivity contribution in [2.24, 2.45) is 11.3 Å². The highest BCUT2D eigenvalue weighted by atomic mass is 16.5. The van der Waals surface area contributed by atoms with Crippen LogP contribution in [0.2, 0.25) is 0 Å². The minimum absolute atomic E-state index is 0.210. The Bertz CT molecular complexity index is 220. The highest BCUT2D eigenvalue weighted by Gasteiger charge is 2.36. The van der Waals surface area contributed by atoms with Crippen LogP contribution in [0.1, 0.15) is 27.7 Å². The van der Waals surface area contributed by atoms with Gasteiger partial charge in [0.1, 0.15) is 0 Å². The standard InChI is InChI=1S/C11H21NO2/c1-8-6-12(7-9(8)14-5)10(13)11(2,3)4/h8-9H,6-7H2,1-5H3/t8-,9-/m0/s1. The predicted octanol–water partition coefficient (Wildman–Crippen LogP) is 1.53. The lowest BCUT2D eigenvalue weighted by Gasteiger charge is -2.25. The lowest BCUT2D eigenvalue weighted by atomic mass is 9.95. The van der Waals surface area contributed by atoms with Crippen molar-refractivity contribution < 1.29 is 9.53 Å². The van der Waals surface area contributed by atoms with Crippen LogP contribution >= 0.6 is 0 Å². The monoisotopic (exact) mass is 199 g/mol. The molecule has 0 radical (unpaired) electrons. The van der Waals surface area contributed by atoms with Crippen molar-refractivity contribution in [2.75, 3.05) is 20.2 Å². The molecule has 1 rings (SSSR count). The second kappa shape index (κ2) is 3.89. The SMILES string of the molecule is CO[C@H]1CN(C(=O)C(C)(C)C)C[C@@H]1C. The molecule has 0 spiro atoms. The van der Waals surface area contributed by atoms with E-state index in [1.54, 1.807) is 7.11 Å². The molecule has 1 amide bonds. The lowest BCUT2D eigenvalue weighted by molar-refractivity contribution is -0.138. The van der Waals surface area contributed by atoms with Crippen molar-refractivity contribution in [3.05, 3.63) is 0 Å². The number of hydrogen-bond acceptors (Lipinski definition) is 2. The van der Waals surface area contributed by atoms with Crippen LogP contribution in [0.3, 0.4) is 0 Å². The van der Waals surface area contributed by atoms with Gasteiger partial charge < -0.3 is 9.64 Å². The van der Waals surface area contributed by atoms with Gasteiger partial charge in [-0.25, -0.2) is 0 Å². The first-order valence-electron chi connectivity index (χ1n) is 5.18. The van der Waals surface area contributed by atoms with Gasteiger partial charge in [0.15, 0.2) is 0 Å². The van der Waals surface area contributed by atoms with E-state index in [0.717, 1.165) is 13.1 Å². The van der Waals surface area contributed by atoms with E-state index >= 15 is 0 Å². The van der Waals surface area contributed by atoms with Crippen LogP contribution in [-0.4, -0.2) is 37.1 Å². The normalized spacial score (nSPS) is 28.2. The molecule has 14 heavy (non-hydrogen) atoms. The molecule has 1 aliphatic heterocycles. The summed E-state index contributed by atoms with van der Waals surface area (Å²) in [5.41, 5.74) is -0.275. The summed E-state index contributed by atoms with van der Waals surface area (Å²) in [6.07, 6.45) is 0.210. The van der Waals surface area contributed by atoms with Gasteiger partial charge in [-0.05, 0) is 0 Å². The first kappa shape index (κ1) is 11.5. The lowest BCUT2D eigenvalue weighted by Crippen LogP contribution is -2.38. The number of ether oxygens (including phenoxy) is 1. The molecule has 1 heterocycles.